The molecule has 0 aromatic heterocycles. The second-order valence-corrected chi connectivity index (χ2v) is 3.73. The second kappa shape index (κ2) is 4.98. The SMILES string of the molecule is CC(C)OC(=O)CCC1CCOC1=O. The van der Waals surface area contributed by atoms with Crippen LogP contribution in [0, 0.1) is 5.92 Å². The van der Waals surface area contributed by atoms with Crippen LogP contribution in [-0.2, 0) is 19.1 Å². The lowest BCUT2D eigenvalue weighted by Crippen LogP contribution is -2.14. The van der Waals surface area contributed by atoms with Crippen molar-refractivity contribution in [1.82, 2.24) is 0 Å². The Morgan fingerprint density at radius 1 is 1.64 bits per heavy atom. The van der Waals surface area contributed by atoms with E-state index >= 15 is 0 Å². The van der Waals surface area contributed by atoms with Gasteiger partial charge in [0.15, 0.2) is 0 Å². The highest BCUT2D eigenvalue weighted by atomic mass is 16.5. The van der Waals surface area contributed by atoms with Gasteiger partial charge in [0.2, 0.25) is 0 Å². The Morgan fingerprint density at radius 3 is 2.86 bits per heavy atom. The molecule has 0 saturated carbocycles. The molecule has 0 aliphatic carbocycles. The van der Waals surface area contributed by atoms with E-state index in [1.54, 1.807) is 0 Å². The third kappa shape index (κ3) is 3.36. The molecule has 1 saturated heterocycles. The third-order valence-corrected chi connectivity index (χ3v) is 2.11. The summed E-state index contributed by atoms with van der Waals surface area (Å²) in [5.41, 5.74) is 0. The Labute approximate surface area is 83.6 Å². The largest absolute Gasteiger partial charge is 0.465 e. The standard InChI is InChI=1S/C10H16O4/c1-7(2)14-9(11)4-3-8-5-6-13-10(8)12/h7-8H,3-6H2,1-2H3. The molecule has 0 amide bonds. The first-order valence-electron chi connectivity index (χ1n) is 4.95. The summed E-state index contributed by atoms with van der Waals surface area (Å²) in [7, 11) is 0. The normalized spacial score (nSPS) is 21.1. The predicted octanol–water partition coefficient (Wildman–Crippen LogP) is 1.28. The molecule has 1 atom stereocenters. The van der Waals surface area contributed by atoms with Crippen molar-refractivity contribution in [2.24, 2.45) is 5.92 Å². The molecule has 4 heteroatoms. The number of ether oxygens (including phenoxy) is 2. The van der Waals surface area contributed by atoms with Gasteiger partial charge in [0, 0.05) is 6.42 Å². The maximum absolute atomic E-state index is 11.1. The topological polar surface area (TPSA) is 52.6 Å². The molecule has 4 nitrogen and oxygen atoms in total. The first-order chi connectivity index (χ1) is 6.59. The maximum atomic E-state index is 11.1. The first-order valence-corrected chi connectivity index (χ1v) is 4.95. The van der Waals surface area contributed by atoms with Crippen molar-refractivity contribution in [3.8, 4) is 0 Å². The zero-order valence-electron chi connectivity index (χ0n) is 8.62. The van der Waals surface area contributed by atoms with Crippen LogP contribution in [0.1, 0.15) is 33.1 Å². The fraction of sp³-hybridized carbons (Fsp3) is 0.800. The molecule has 0 radical (unpaired) electrons. The van der Waals surface area contributed by atoms with Crippen LogP contribution in [-0.4, -0.2) is 24.6 Å². The molecule has 0 aromatic rings. The van der Waals surface area contributed by atoms with Crippen molar-refractivity contribution in [3.63, 3.8) is 0 Å². The lowest BCUT2D eigenvalue weighted by molar-refractivity contribution is -0.148. The quantitative estimate of drug-likeness (QED) is 0.641. The summed E-state index contributed by atoms with van der Waals surface area (Å²) in [5.74, 6) is -0.517. The van der Waals surface area contributed by atoms with Crippen molar-refractivity contribution in [2.45, 2.75) is 39.2 Å². The van der Waals surface area contributed by atoms with E-state index in [0.717, 1.165) is 6.42 Å². The smallest absolute Gasteiger partial charge is 0.309 e. The molecule has 1 aliphatic heterocycles. The van der Waals surface area contributed by atoms with Crippen LogP contribution >= 0.6 is 0 Å². The van der Waals surface area contributed by atoms with E-state index < -0.39 is 0 Å². The molecule has 1 rings (SSSR count). The lowest BCUT2D eigenvalue weighted by atomic mass is 10.0. The summed E-state index contributed by atoms with van der Waals surface area (Å²) in [6.07, 6.45) is 1.49. The Bertz CT molecular complexity index is 222. The number of hydrogen-bond acceptors (Lipinski definition) is 4. The van der Waals surface area contributed by atoms with Gasteiger partial charge in [0.25, 0.3) is 0 Å². The summed E-state index contributed by atoms with van der Waals surface area (Å²) in [4.78, 5) is 22.2. The Morgan fingerprint density at radius 2 is 2.36 bits per heavy atom. The zero-order chi connectivity index (χ0) is 10.6. The monoisotopic (exact) mass is 200 g/mol. The van der Waals surface area contributed by atoms with Gasteiger partial charge in [-0.05, 0) is 26.7 Å². The molecule has 80 valence electrons. The minimum Gasteiger partial charge on any atom is -0.465 e. The fourth-order valence-electron chi connectivity index (χ4n) is 1.41. The van der Waals surface area contributed by atoms with Gasteiger partial charge in [-0.25, -0.2) is 0 Å². The highest BCUT2D eigenvalue weighted by molar-refractivity contribution is 5.75. The van der Waals surface area contributed by atoms with Crippen LogP contribution in [0.4, 0.5) is 0 Å². The molecule has 0 bridgehead atoms. The molecule has 14 heavy (non-hydrogen) atoms. The van der Waals surface area contributed by atoms with Crippen LogP contribution in [0.5, 0.6) is 0 Å². The number of cyclic esters (lactones) is 1. The number of esters is 2. The molecule has 1 unspecified atom stereocenters. The number of carbonyl (C=O) groups is 2. The van der Waals surface area contributed by atoms with Gasteiger partial charge in [0.05, 0.1) is 18.6 Å². The van der Waals surface area contributed by atoms with Gasteiger partial charge in [-0.3, -0.25) is 9.59 Å². The number of carbonyl (C=O) groups excluding carboxylic acids is 2. The third-order valence-electron chi connectivity index (χ3n) is 2.11. The minimum absolute atomic E-state index is 0.0852. The summed E-state index contributed by atoms with van der Waals surface area (Å²) < 4.78 is 9.74. The van der Waals surface area contributed by atoms with Crippen molar-refractivity contribution < 1.29 is 19.1 Å². The minimum atomic E-state index is -0.236. The van der Waals surface area contributed by atoms with Crippen LogP contribution in [0.25, 0.3) is 0 Å². The van der Waals surface area contributed by atoms with E-state index in [1.807, 2.05) is 13.8 Å². The molecule has 0 N–H and O–H groups in total. The second-order valence-electron chi connectivity index (χ2n) is 3.73. The van der Waals surface area contributed by atoms with E-state index in [9.17, 15) is 9.59 Å². The highest BCUT2D eigenvalue weighted by Gasteiger charge is 2.26. The van der Waals surface area contributed by atoms with Gasteiger partial charge < -0.3 is 9.47 Å². The Hall–Kier alpha value is -1.06. The zero-order valence-corrected chi connectivity index (χ0v) is 8.62. The Balaban J connectivity index is 2.19. The van der Waals surface area contributed by atoms with Crippen LogP contribution < -0.4 is 0 Å². The summed E-state index contributed by atoms with van der Waals surface area (Å²) in [5, 5.41) is 0. The lowest BCUT2D eigenvalue weighted by Gasteiger charge is -2.08. The molecule has 0 aromatic carbocycles. The summed E-state index contributed by atoms with van der Waals surface area (Å²) in [6, 6.07) is 0. The molecule has 0 spiro atoms. The van der Waals surface area contributed by atoms with Crippen molar-refractivity contribution >= 4 is 11.9 Å². The maximum Gasteiger partial charge on any atom is 0.309 e. The molecular weight excluding hydrogens is 184 g/mol. The molecular formula is C10H16O4. The van der Waals surface area contributed by atoms with E-state index in [1.165, 1.54) is 0 Å². The molecule has 1 heterocycles. The summed E-state index contributed by atoms with van der Waals surface area (Å²) >= 11 is 0. The van der Waals surface area contributed by atoms with Crippen LogP contribution in [0.15, 0.2) is 0 Å². The van der Waals surface area contributed by atoms with Gasteiger partial charge in [-0.15, -0.1) is 0 Å². The van der Waals surface area contributed by atoms with E-state index in [-0.39, 0.29) is 24.0 Å². The first kappa shape index (κ1) is 11.0. The van der Waals surface area contributed by atoms with Gasteiger partial charge >= 0.3 is 11.9 Å². The van der Waals surface area contributed by atoms with Gasteiger partial charge in [0.1, 0.15) is 0 Å². The van der Waals surface area contributed by atoms with E-state index in [0.29, 0.717) is 19.4 Å². The fourth-order valence-corrected chi connectivity index (χ4v) is 1.41. The van der Waals surface area contributed by atoms with Crippen LogP contribution in [0.3, 0.4) is 0 Å². The van der Waals surface area contributed by atoms with E-state index in [4.69, 9.17) is 9.47 Å². The summed E-state index contributed by atoms with van der Waals surface area (Å²) in [6.45, 7) is 4.10. The highest BCUT2D eigenvalue weighted by Crippen LogP contribution is 2.19. The Kier molecular flexibility index (Phi) is 3.92. The van der Waals surface area contributed by atoms with Gasteiger partial charge in [-0.2, -0.15) is 0 Å². The molecule has 1 fully saturated rings. The number of hydrogen-bond donors (Lipinski definition) is 0. The predicted molar refractivity (Wildman–Crippen MR) is 49.5 cm³/mol. The molecule has 1 aliphatic rings. The van der Waals surface area contributed by atoms with Crippen molar-refractivity contribution in [3.05, 3.63) is 0 Å². The van der Waals surface area contributed by atoms with Crippen molar-refractivity contribution in [2.75, 3.05) is 6.61 Å². The van der Waals surface area contributed by atoms with Gasteiger partial charge in [-0.1, -0.05) is 0 Å². The van der Waals surface area contributed by atoms with Crippen LogP contribution in [0.2, 0.25) is 0 Å². The van der Waals surface area contributed by atoms with E-state index in [2.05, 4.69) is 0 Å². The average Bonchev–Trinajstić information content (AvgIpc) is 2.46. The number of rotatable bonds is 4. The average molecular weight is 200 g/mol. The van der Waals surface area contributed by atoms with Crippen molar-refractivity contribution in [1.29, 1.82) is 0 Å².